The molecular formula is C22H33N5OS. The number of aromatic nitrogens is 4. The van der Waals surface area contributed by atoms with Gasteiger partial charge in [0.15, 0.2) is 10.9 Å². The number of piperidine rings is 1. The van der Waals surface area contributed by atoms with Crippen LogP contribution in [0.2, 0.25) is 0 Å². The van der Waals surface area contributed by atoms with Crippen molar-refractivity contribution < 1.29 is 4.79 Å². The Morgan fingerprint density at radius 3 is 2.62 bits per heavy atom. The Labute approximate surface area is 178 Å². The van der Waals surface area contributed by atoms with Gasteiger partial charge in [-0.25, -0.2) is 0 Å². The van der Waals surface area contributed by atoms with Gasteiger partial charge in [-0.3, -0.25) is 4.79 Å². The summed E-state index contributed by atoms with van der Waals surface area (Å²) in [7, 11) is 0. The molecule has 0 N–H and O–H groups in total. The number of thioether (sulfide) groups is 1. The number of carbonyl (C=O) groups is 1. The lowest BCUT2D eigenvalue weighted by Crippen LogP contribution is -2.32. The number of allylic oxidation sites excluding steroid dienone is 1. The van der Waals surface area contributed by atoms with Crippen LogP contribution in [0.15, 0.2) is 23.9 Å². The van der Waals surface area contributed by atoms with E-state index in [1.807, 2.05) is 19.1 Å². The highest BCUT2D eigenvalue weighted by Gasteiger charge is 2.19. The molecular weight excluding hydrogens is 382 g/mol. The Morgan fingerprint density at radius 1 is 1.21 bits per heavy atom. The zero-order valence-corrected chi connectivity index (χ0v) is 18.8. The first-order valence-electron chi connectivity index (χ1n) is 10.6. The van der Waals surface area contributed by atoms with Crippen LogP contribution in [0.5, 0.6) is 0 Å². The Kier molecular flexibility index (Phi) is 7.72. The number of hydrogen-bond acceptors (Lipinski definition) is 5. The first-order valence-corrected chi connectivity index (χ1v) is 11.6. The average molecular weight is 416 g/mol. The van der Waals surface area contributed by atoms with E-state index in [-0.39, 0.29) is 5.78 Å². The summed E-state index contributed by atoms with van der Waals surface area (Å²) in [6, 6.07) is 2.00. The minimum absolute atomic E-state index is 0.144. The molecule has 3 heterocycles. The molecule has 0 aromatic carbocycles. The predicted molar refractivity (Wildman–Crippen MR) is 119 cm³/mol. The normalized spacial score (nSPS) is 15.0. The molecule has 0 unspecified atom stereocenters. The topological polar surface area (TPSA) is 56.0 Å². The molecule has 0 aliphatic carbocycles. The highest BCUT2D eigenvalue weighted by Crippen LogP contribution is 2.22. The van der Waals surface area contributed by atoms with E-state index in [2.05, 4.69) is 44.7 Å². The molecule has 0 bridgehead atoms. The lowest BCUT2D eigenvalue weighted by Gasteiger charge is -2.26. The first-order chi connectivity index (χ1) is 14.0. The number of Topliss-reactive ketones (excluding diaryl/α,β-unsaturated/α-hetero) is 1. The van der Waals surface area contributed by atoms with Gasteiger partial charge in [-0.05, 0) is 52.8 Å². The van der Waals surface area contributed by atoms with E-state index in [0.717, 1.165) is 47.4 Å². The van der Waals surface area contributed by atoms with Crippen LogP contribution >= 0.6 is 11.8 Å². The second-order valence-corrected chi connectivity index (χ2v) is 8.63. The summed E-state index contributed by atoms with van der Waals surface area (Å²) in [6.45, 7) is 15.0. The summed E-state index contributed by atoms with van der Waals surface area (Å²) >= 11 is 1.47. The number of ketones is 1. The number of rotatable bonds is 10. The van der Waals surface area contributed by atoms with Gasteiger partial charge in [-0.15, -0.1) is 16.8 Å². The molecule has 0 spiro atoms. The van der Waals surface area contributed by atoms with Gasteiger partial charge in [-0.1, -0.05) is 24.3 Å². The molecule has 1 saturated heterocycles. The van der Waals surface area contributed by atoms with Crippen LogP contribution < -0.4 is 0 Å². The third kappa shape index (κ3) is 5.20. The van der Waals surface area contributed by atoms with Crippen molar-refractivity contribution in [3.05, 3.63) is 41.5 Å². The maximum Gasteiger partial charge on any atom is 0.191 e. The Hall–Kier alpha value is -1.86. The number of nitrogens with zero attached hydrogens (tertiary/aromatic N) is 5. The molecule has 1 aliphatic heterocycles. The first kappa shape index (κ1) is 21.8. The summed E-state index contributed by atoms with van der Waals surface area (Å²) in [5.74, 6) is 1.50. The van der Waals surface area contributed by atoms with E-state index in [0.29, 0.717) is 12.3 Å². The van der Waals surface area contributed by atoms with Gasteiger partial charge in [0.05, 0.1) is 5.75 Å². The molecule has 0 amide bonds. The van der Waals surface area contributed by atoms with Crippen molar-refractivity contribution in [2.75, 3.05) is 25.4 Å². The second-order valence-electron chi connectivity index (χ2n) is 7.69. The number of likely N-dealkylation sites (tertiary alicyclic amines) is 1. The lowest BCUT2D eigenvalue weighted by atomic mass is 10.1. The zero-order chi connectivity index (χ0) is 20.8. The van der Waals surface area contributed by atoms with Crippen molar-refractivity contribution >= 4 is 17.5 Å². The molecule has 0 saturated carbocycles. The number of hydrogen-bond donors (Lipinski definition) is 0. The van der Waals surface area contributed by atoms with E-state index in [4.69, 9.17) is 0 Å². The Morgan fingerprint density at radius 2 is 1.97 bits per heavy atom. The summed E-state index contributed by atoms with van der Waals surface area (Å²) < 4.78 is 4.28. The minimum atomic E-state index is 0.144. The summed E-state index contributed by atoms with van der Waals surface area (Å²) in [5, 5.41) is 9.60. The molecule has 7 heteroatoms. The molecule has 6 nitrogen and oxygen atoms in total. The minimum Gasteiger partial charge on any atom is -0.349 e. The third-order valence-electron chi connectivity index (χ3n) is 5.73. The van der Waals surface area contributed by atoms with Crippen LogP contribution in [0.4, 0.5) is 0 Å². The SMILES string of the molecule is C=CCn1c(CCN2CCCCC2)nnc1SCC(=O)c1cc(C)n(CC)c1C. The van der Waals surface area contributed by atoms with E-state index in [9.17, 15) is 4.79 Å². The second kappa shape index (κ2) is 10.3. The van der Waals surface area contributed by atoms with Crippen molar-refractivity contribution in [2.45, 2.75) is 64.7 Å². The molecule has 2 aromatic rings. The van der Waals surface area contributed by atoms with Gasteiger partial charge in [0, 0.05) is 43.0 Å². The monoisotopic (exact) mass is 415 g/mol. The molecule has 2 aromatic heterocycles. The van der Waals surface area contributed by atoms with Crippen molar-refractivity contribution in [3.8, 4) is 0 Å². The van der Waals surface area contributed by atoms with E-state index < -0.39 is 0 Å². The number of carbonyl (C=O) groups excluding carboxylic acids is 1. The van der Waals surface area contributed by atoms with E-state index in [1.54, 1.807) is 0 Å². The molecule has 29 heavy (non-hydrogen) atoms. The van der Waals surface area contributed by atoms with Crippen LogP contribution in [0.3, 0.4) is 0 Å². The maximum absolute atomic E-state index is 12.8. The van der Waals surface area contributed by atoms with Gasteiger partial charge in [-0.2, -0.15) is 0 Å². The van der Waals surface area contributed by atoms with Crippen LogP contribution in [0, 0.1) is 13.8 Å². The van der Waals surface area contributed by atoms with Crippen LogP contribution in [-0.2, 0) is 19.5 Å². The standard InChI is InChI=1S/C22H33N5OS/c1-5-11-27-21(10-14-25-12-8-7-9-13-25)23-24-22(27)29-16-20(28)19-15-17(3)26(6-2)18(19)4/h5,15H,1,6-14,16H2,2-4H3. The molecule has 1 aliphatic rings. The highest BCUT2D eigenvalue weighted by molar-refractivity contribution is 7.99. The fourth-order valence-corrected chi connectivity index (χ4v) is 4.99. The van der Waals surface area contributed by atoms with E-state index in [1.165, 1.54) is 44.1 Å². The highest BCUT2D eigenvalue weighted by atomic mass is 32.2. The third-order valence-corrected chi connectivity index (χ3v) is 6.69. The smallest absolute Gasteiger partial charge is 0.191 e. The number of aryl methyl sites for hydroxylation is 1. The molecule has 1 fully saturated rings. The van der Waals surface area contributed by atoms with Crippen LogP contribution in [-0.4, -0.2) is 55.4 Å². The maximum atomic E-state index is 12.8. The molecule has 0 atom stereocenters. The van der Waals surface area contributed by atoms with Crippen molar-refractivity contribution in [1.82, 2.24) is 24.2 Å². The van der Waals surface area contributed by atoms with Gasteiger partial charge in [0.2, 0.25) is 0 Å². The summed E-state index contributed by atoms with van der Waals surface area (Å²) in [5.41, 5.74) is 3.00. The van der Waals surface area contributed by atoms with Crippen LogP contribution in [0.25, 0.3) is 0 Å². The summed E-state index contributed by atoms with van der Waals surface area (Å²) in [6.07, 6.45) is 6.68. The van der Waals surface area contributed by atoms with Gasteiger partial charge >= 0.3 is 0 Å². The van der Waals surface area contributed by atoms with Gasteiger partial charge in [0.25, 0.3) is 0 Å². The Balaban J connectivity index is 1.64. The lowest BCUT2D eigenvalue weighted by molar-refractivity contribution is 0.102. The fourth-order valence-electron chi connectivity index (χ4n) is 4.14. The van der Waals surface area contributed by atoms with E-state index >= 15 is 0 Å². The van der Waals surface area contributed by atoms with Crippen molar-refractivity contribution in [1.29, 1.82) is 0 Å². The fraction of sp³-hybridized carbons (Fsp3) is 0.591. The summed E-state index contributed by atoms with van der Waals surface area (Å²) in [4.78, 5) is 15.3. The van der Waals surface area contributed by atoms with Gasteiger partial charge in [0.1, 0.15) is 5.82 Å². The van der Waals surface area contributed by atoms with Crippen molar-refractivity contribution in [2.24, 2.45) is 0 Å². The molecule has 0 radical (unpaired) electrons. The predicted octanol–water partition coefficient (Wildman–Crippen LogP) is 3.91. The molecule has 158 valence electrons. The zero-order valence-electron chi connectivity index (χ0n) is 18.0. The van der Waals surface area contributed by atoms with Crippen molar-refractivity contribution in [3.63, 3.8) is 0 Å². The molecule has 3 rings (SSSR count). The van der Waals surface area contributed by atoms with Gasteiger partial charge < -0.3 is 14.0 Å². The quantitative estimate of drug-likeness (QED) is 0.335. The Bertz CT molecular complexity index is 848. The average Bonchev–Trinajstić information content (AvgIpc) is 3.25. The van der Waals surface area contributed by atoms with Crippen LogP contribution in [0.1, 0.15) is 53.8 Å². The largest absolute Gasteiger partial charge is 0.349 e.